The van der Waals surface area contributed by atoms with Crippen LogP contribution in [0.3, 0.4) is 0 Å². The molecule has 0 radical (unpaired) electrons. The summed E-state index contributed by atoms with van der Waals surface area (Å²) in [7, 11) is 0. The molecule has 0 aliphatic carbocycles. The molecule has 0 spiro atoms. The molecule has 7 nitrogen and oxygen atoms in total. The molecule has 1 aliphatic heterocycles. The maximum Gasteiger partial charge on any atom is 0.410 e. The second-order valence-corrected chi connectivity index (χ2v) is 7.62. The Balaban J connectivity index is 1.69. The molecular weight excluding hydrogens is 346 g/mol. The highest BCUT2D eigenvalue weighted by molar-refractivity contribution is 5.96. The Morgan fingerprint density at radius 3 is 2.67 bits per heavy atom. The molecule has 1 aromatic carbocycles. The van der Waals surface area contributed by atoms with Gasteiger partial charge in [-0.1, -0.05) is 35.5 Å². The van der Waals surface area contributed by atoms with Gasteiger partial charge in [0.2, 0.25) is 11.8 Å². The van der Waals surface area contributed by atoms with Gasteiger partial charge >= 0.3 is 6.09 Å². The minimum atomic E-state index is -0.606. The van der Waals surface area contributed by atoms with E-state index in [-0.39, 0.29) is 11.8 Å². The molecule has 0 unspecified atom stereocenters. The van der Waals surface area contributed by atoms with E-state index >= 15 is 0 Å². The van der Waals surface area contributed by atoms with Crippen molar-refractivity contribution in [3.63, 3.8) is 0 Å². The summed E-state index contributed by atoms with van der Waals surface area (Å²) in [6.45, 7) is 5.93. The summed E-state index contributed by atoms with van der Waals surface area (Å²) in [5.74, 6) is -0.0371. The molecule has 1 fully saturated rings. The van der Waals surface area contributed by atoms with E-state index in [0.29, 0.717) is 18.7 Å². The van der Waals surface area contributed by atoms with Crippen LogP contribution in [0, 0.1) is 0 Å². The number of rotatable bonds is 3. The van der Waals surface area contributed by atoms with Gasteiger partial charge in [-0.05, 0) is 40.0 Å². The molecule has 1 aliphatic rings. The number of likely N-dealkylation sites (tertiary alicyclic amines) is 1. The highest BCUT2D eigenvalue weighted by Crippen LogP contribution is 2.24. The van der Waals surface area contributed by atoms with Crippen LogP contribution in [-0.2, 0) is 9.53 Å². The molecule has 2 heterocycles. The monoisotopic (exact) mass is 371 g/mol. The summed E-state index contributed by atoms with van der Waals surface area (Å²) >= 11 is 0. The Bertz CT molecular complexity index is 795. The van der Waals surface area contributed by atoms with Crippen LogP contribution in [0.25, 0.3) is 11.3 Å². The summed E-state index contributed by atoms with van der Waals surface area (Å²) in [5, 5.41) is 6.72. The third kappa shape index (κ3) is 4.87. The summed E-state index contributed by atoms with van der Waals surface area (Å²) in [6, 6.07) is 10.6. The van der Waals surface area contributed by atoms with Gasteiger partial charge in [0.1, 0.15) is 17.3 Å². The second-order valence-electron chi connectivity index (χ2n) is 7.62. The third-order valence-electron chi connectivity index (χ3n) is 4.26. The molecule has 2 amide bonds. The van der Waals surface area contributed by atoms with E-state index in [4.69, 9.17) is 9.26 Å². The molecule has 1 N–H and O–H groups in total. The van der Waals surface area contributed by atoms with Crippen molar-refractivity contribution in [3.8, 4) is 11.3 Å². The smallest absolute Gasteiger partial charge is 0.410 e. The van der Waals surface area contributed by atoms with E-state index in [1.165, 1.54) is 4.90 Å². The Morgan fingerprint density at radius 1 is 1.22 bits per heavy atom. The van der Waals surface area contributed by atoms with Gasteiger partial charge < -0.3 is 9.26 Å². The normalized spacial score (nSPS) is 17.4. The Hall–Kier alpha value is -2.83. The number of hydrogen-bond acceptors (Lipinski definition) is 5. The van der Waals surface area contributed by atoms with Crippen molar-refractivity contribution in [2.75, 3.05) is 11.9 Å². The number of carbonyl (C=O) groups is 2. The number of aromatic nitrogens is 1. The highest BCUT2D eigenvalue weighted by atomic mass is 16.6. The molecule has 3 rings (SSSR count). The lowest BCUT2D eigenvalue weighted by Crippen LogP contribution is -2.51. The fourth-order valence-corrected chi connectivity index (χ4v) is 3.03. The van der Waals surface area contributed by atoms with E-state index in [2.05, 4.69) is 10.5 Å². The first-order valence-corrected chi connectivity index (χ1v) is 9.16. The lowest BCUT2D eigenvalue weighted by Gasteiger charge is -2.35. The van der Waals surface area contributed by atoms with E-state index in [0.717, 1.165) is 18.4 Å². The van der Waals surface area contributed by atoms with Gasteiger partial charge in [-0.3, -0.25) is 15.0 Å². The highest BCUT2D eigenvalue weighted by Gasteiger charge is 2.35. The van der Waals surface area contributed by atoms with Crippen LogP contribution in [0.5, 0.6) is 0 Å². The quantitative estimate of drug-likeness (QED) is 0.879. The zero-order valence-corrected chi connectivity index (χ0v) is 15.9. The van der Waals surface area contributed by atoms with Crippen LogP contribution in [0.2, 0.25) is 0 Å². The van der Waals surface area contributed by atoms with Crippen LogP contribution >= 0.6 is 0 Å². The van der Waals surface area contributed by atoms with Gasteiger partial charge in [-0.25, -0.2) is 4.79 Å². The number of carbonyl (C=O) groups excluding carboxylic acids is 2. The first-order valence-electron chi connectivity index (χ1n) is 9.16. The van der Waals surface area contributed by atoms with Gasteiger partial charge in [0.15, 0.2) is 0 Å². The first-order chi connectivity index (χ1) is 12.8. The van der Waals surface area contributed by atoms with Crippen LogP contribution < -0.4 is 5.32 Å². The predicted octanol–water partition coefficient (Wildman–Crippen LogP) is 4.07. The molecular formula is C20H25N3O4. The van der Waals surface area contributed by atoms with Crippen LogP contribution in [0.1, 0.15) is 40.0 Å². The minimum Gasteiger partial charge on any atom is -0.444 e. The number of nitrogens with zero attached hydrogens (tertiary/aromatic N) is 2. The van der Waals surface area contributed by atoms with Crippen molar-refractivity contribution >= 4 is 17.9 Å². The summed E-state index contributed by atoms with van der Waals surface area (Å²) in [5.41, 5.74) is 0.929. The molecule has 0 bridgehead atoms. The summed E-state index contributed by atoms with van der Waals surface area (Å²) in [4.78, 5) is 26.7. The molecule has 1 atom stereocenters. The van der Waals surface area contributed by atoms with Crippen molar-refractivity contribution in [1.29, 1.82) is 0 Å². The standard InChI is InChI=1S/C20H25N3O4/c1-20(2,3)26-19(25)23-12-8-7-11-16(23)18(24)21-17-13-15(22-27-17)14-9-5-4-6-10-14/h4-6,9-10,13,16H,7-8,11-12H2,1-3H3,(H,21,24)/t16-/m0/s1. The second kappa shape index (κ2) is 7.82. The third-order valence-corrected chi connectivity index (χ3v) is 4.26. The Morgan fingerprint density at radius 2 is 1.96 bits per heavy atom. The average Bonchev–Trinajstić information content (AvgIpc) is 3.09. The van der Waals surface area contributed by atoms with Crippen LogP contribution in [-0.4, -0.2) is 40.2 Å². The molecule has 144 valence electrons. The van der Waals surface area contributed by atoms with E-state index in [1.807, 2.05) is 51.1 Å². The number of piperidine rings is 1. The molecule has 7 heteroatoms. The van der Waals surface area contributed by atoms with Crippen molar-refractivity contribution in [1.82, 2.24) is 10.1 Å². The lowest BCUT2D eigenvalue weighted by molar-refractivity contribution is -0.122. The molecule has 1 saturated heterocycles. The Labute approximate surface area is 158 Å². The van der Waals surface area contributed by atoms with Crippen LogP contribution in [0.15, 0.2) is 40.9 Å². The molecule has 27 heavy (non-hydrogen) atoms. The SMILES string of the molecule is CC(C)(C)OC(=O)N1CCCC[C@H]1C(=O)Nc1cc(-c2ccccc2)no1. The van der Waals surface area contributed by atoms with E-state index < -0.39 is 17.7 Å². The van der Waals surface area contributed by atoms with E-state index in [1.54, 1.807) is 6.07 Å². The molecule has 1 aromatic heterocycles. The molecule has 2 aromatic rings. The van der Waals surface area contributed by atoms with Gasteiger partial charge in [0, 0.05) is 18.2 Å². The predicted molar refractivity (Wildman–Crippen MR) is 101 cm³/mol. The fraction of sp³-hybridized carbons (Fsp3) is 0.450. The maximum atomic E-state index is 12.7. The summed E-state index contributed by atoms with van der Waals surface area (Å²) in [6.07, 6.45) is 1.85. The number of amides is 2. The zero-order valence-electron chi connectivity index (χ0n) is 15.9. The lowest BCUT2D eigenvalue weighted by atomic mass is 10.0. The van der Waals surface area contributed by atoms with E-state index in [9.17, 15) is 9.59 Å². The zero-order chi connectivity index (χ0) is 19.4. The number of hydrogen-bond donors (Lipinski definition) is 1. The number of nitrogens with one attached hydrogen (secondary N) is 1. The van der Waals surface area contributed by atoms with Gasteiger partial charge in [0.25, 0.3) is 0 Å². The molecule has 0 saturated carbocycles. The fourth-order valence-electron chi connectivity index (χ4n) is 3.03. The van der Waals surface area contributed by atoms with Crippen LogP contribution in [0.4, 0.5) is 10.7 Å². The number of ether oxygens (including phenoxy) is 1. The van der Waals surface area contributed by atoms with Gasteiger partial charge in [-0.2, -0.15) is 0 Å². The average molecular weight is 371 g/mol. The summed E-state index contributed by atoms with van der Waals surface area (Å²) < 4.78 is 10.7. The topological polar surface area (TPSA) is 84.7 Å². The number of benzene rings is 1. The van der Waals surface area contributed by atoms with Gasteiger partial charge in [0.05, 0.1) is 0 Å². The van der Waals surface area contributed by atoms with Crippen molar-refractivity contribution < 1.29 is 18.8 Å². The van der Waals surface area contributed by atoms with Crippen molar-refractivity contribution in [2.45, 2.75) is 51.7 Å². The van der Waals surface area contributed by atoms with Gasteiger partial charge in [-0.15, -0.1) is 0 Å². The maximum absolute atomic E-state index is 12.7. The number of anilines is 1. The minimum absolute atomic E-state index is 0.258. The van der Waals surface area contributed by atoms with Crippen molar-refractivity contribution in [3.05, 3.63) is 36.4 Å². The first kappa shape index (κ1) is 18.9. The Kier molecular flexibility index (Phi) is 5.48. The largest absolute Gasteiger partial charge is 0.444 e. The van der Waals surface area contributed by atoms with Crippen molar-refractivity contribution in [2.24, 2.45) is 0 Å².